The fourth-order valence-corrected chi connectivity index (χ4v) is 5.67. The Balaban J connectivity index is 1.62. The molecular weight excluding hydrogens is 332 g/mol. The highest BCUT2D eigenvalue weighted by atomic mass is 32.1. The quantitative estimate of drug-likeness (QED) is 0.917. The number of hydrogen-bond donors (Lipinski definition) is 1. The van der Waals surface area contributed by atoms with Gasteiger partial charge in [-0.25, -0.2) is 0 Å². The van der Waals surface area contributed by atoms with Crippen LogP contribution >= 0.6 is 11.3 Å². The molecule has 0 spiro atoms. The largest absolute Gasteiger partial charge is 0.396 e. The molecule has 0 aliphatic carbocycles. The van der Waals surface area contributed by atoms with E-state index in [2.05, 4.69) is 34.5 Å². The Labute approximate surface area is 153 Å². The SMILES string of the molecule is CC(=O)N1CC[C@@]2(CO)CCCN(Cc3csc4ccccc34)[C@@H]2C1. The number of rotatable bonds is 3. The predicted molar refractivity (Wildman–Crippen MR) is 102 cm³/mol. The number of thiophene rings is 1. The molecule has 1 aromatic carbocycles. The summed E-state index contributed by atoms with van der Waals surface area (Å²) in [5, 5.41) is 13.8. The van der Waals surface area contributed by atoms with Crippen LogP contribution in [0.15, 0.2) is 29.6 Å². The highest BCUT2D eigenvalue weighted by Crippen LogP contribution is 2.43. The molecule has 2 aromatic rings. The Morgan fingerprint density at radius 3 is 2.96 bits per heavy atom. The summed E-state index contributed by atoms with van der Waals surface area (Å²) < 4.78 is 1.33. The Bertz CT molecular complexity index is 774. The molecule has 2 aliphatic heterocycles. The Hall–Kier alpha value is -1.43. The summed E-state index contributed by atoms with van der Waals surface area (Å²) >= 11 is 1.80. The number of nitrogens with zero attached hydrogens (tertiary/aromatic N) is 2. The van der Waals surface area contributed by atoms with Gasteiger partial charge in [0.15, 0.2) is 0 Å². The van der Waals surface area contributed by atoms with E-state index in [-0.39, 0.29) is 24.0 Å². The van der Waals surface area contributed by atoms with E-state index in [0.717, 1.165) is 45.4 Å². The van der Waals surface area contributed by atoms with E-state index in [1.54, 1.807) is 18.3 Å². The number of carbonyl (C=O) groups excluding carboxylic acids is 1. The first-order chi connectivity index (χ1) is 12.1. The first-order valence-corrected chi connectivity index (χ1v) is 10.1. The van der Waals surface area contributed by atoms with Gasteiger partial charge in [-0.1, -0.05) is 18.2 Å². The number of aliphatic hydroxyl groups excluding tert-OH is 1. The molecular formula is C20H26N2O2S. The van der Waals surface area contributed by atoms with Crippen molar-refractivity contribution in [1.82, 2.24) is 9.80 Å². The second-order valence-electron chi connectivity index (χ2n) is 7.58. The summed E-state index contributed by atoms with van der Waals surface area (Å²) in [6.07, 6.45) is 3.11. The first-order valence-electron chi connectivity index (χ1n) is 9.18. The molecule has 134 valence electrons. The molecule has 1 N–H and O–H groups in total. The average molecular weight is 359 g/mol. The standard InChI is InChI=1S/C20H26N2O2S/c1-15(24)21-10-8-20(14-23)7-4-9-22(19(20)12-21)11-16-13-25-18-6-3-2-5-17(16)18/h2-3,5-6,13,19,23H,4,7-12,14H2,1H3/t19-,20-/m1/s1. The van der Waals surface area contributed by atoms with Gasteiger partial charge in [0, 0.05) is 42.7 Å². The number of carbonyl (C=O) groups is 1. The first kappa shape index (κ1) is 17.0. The fraction of sp³-hybridized carbons (Fsp3) is 0.550. The number of amides is 1. The molecule has 0 bridgehead atoms. The smallest absolute Gasteiger partial charge is 0.219 e. The lowest BCUT2D eigenvalue weighted by atomic mass is 9.69. The van der Waals surface area contributed by atoms with E-state index >= 15 is 0 Å². The molecule has 0 radical (unpaired) electrons. The van der Waals surface area contributed by atoms with Gasteiger partial charge < -0.3 is 10.0 Å². The summed E-state index contributed by atoms with van der Waals surface area (Å²) in [6.45, 7) is 5.36. The Morgan fingerprint density at radius 1 is 1.32 bits per heavy atom. The zero-order chi connectivity index (χ0) is 17.4. The van der Waals surface area contributed by atoms with Crippen LogP contribution in [0.5, 0.6) is 0 Å². The molecule has 2 aliphatic rings. The van der Waals surface area contributed by atoms with Crippen LogP contribution in [-0.2, 0) is 11.3 Å². The molecule has 5 heteroatoms. The molecule has 2 atom stereocenters. The van der Waals surface area contributed by atoms with Gasteiger partial charge >= 0.3 is 0 Å². The Morgan fingerprint density at radius 2 is 2.16 bits per heavy atom. The number of aliphatic hydroxyl groups is 1. The molecule has 2 fully saturated rings. The molecule has 25 heavy (non-hydrogen) atoms. The second kappa shape index (κ2) is 6.71. The van der Waals surface area contributed by atoms with Crippen molar-refractivity contribution in [2.75, 3.05) is 26.2 Å². The maximum Gasteiger partial charge on any atom is 0.219 e. The van der Waals surface area contributed by atoms with Gasteiger partial charge in [0.1, 0.15) is 0 Å². The van der Waals surface area contributed by atoms with Crippen LogP contribution in [-0.4, -0.2) is 53.1 Å². The van der Waals surface area contributed by atoms with Crippen molar-refractivity contribution in [1.29, 1.82) is 0 Å². The number of fused-ring (bicyclic) bond motifs is 2. The van der Waals surface area contributed by atoms with Crippen LogP contribution in [0.2, 0.25) is 0 Å². The van der Waals surface area contributed by atoms with Crippen LogP contribution in [0.1, 0.15) is 31.7 Å². The van der Waals surface area contributed by atoms with Crippen molar-refractivity contribution < 1.29 is 9.90 Å². The van der Waals surface area contributed by atoms with E-state index in [9.17, 15) is 9.90 Å². The normalized spacial score (nSPS) is 27.4. The predicted octanol–water partition coefficient (Wildman–Crippen LogP) is 3.10. The lowest BCUT2D eigenvalue weighted by Gasteiger charge is -2.54. The number of piperidine rings is 2. The highest BCUT2D eigenvalue weighted by molar-refractivity contribution is 7.17. The van der Waals surface area contributed by atoms with E-state index in [0.29, 0.717) is 0 Å². The number of likely N-dealkylation sites (tertiary alicyclic amines) is 2. The topological polar surface area (TPSA) is 43.8 Å². The van der Waals surface area contributed by atoms with Crippen molar-refractivity contribution in [3.63, 3.8) is 0 Å². The lowest BCUT2D eigenvalue weighted by Crippen LogP contribution is -2.62. The van der Waals surface area contributed by atoms with E-state index < -0.39 is 0 Å². The summed E-state index contributed by atoms with van der Waals surface area (Å²) in [6, 6.07) is 8.82. The third-order valence-electron chi connectivity index (χ3n) is 6.24. The van der Waals surface area contributed by atoms with Crippen molar-refractivity contribution in [2.24, 2.45) is 5.41 Å². The highest BCUT2D eigenvalue weighted by Gasteiger charge is 2.47. The third-order valence-corrected chi connectivity index (χ3v) is 7.25. The van der Waals surface area contributed by atoms with Gasteiger partial charge in [-0.05, 0) is 48.2 Å². The van der Waals surface area contributed by atoms with Gasteiger partial charge in [0.25, 0.3) is 0 Å². The minimum absolute atomic E-state index is 0.0456. The lowest BCUT2D eigenvalue weighted by molar-refractivity contribution is -0.138. The van der Waals surface area contributed by atoms with Gasteiger partial charge in [-0.2, -0.15) is 0 Å². The summed E-state index contributed by atoms with van der Waals surface area (Å²) in [5.41, 5.74) is 1.32. The van der Waals surface area contributed by atoms with E-state index in [4.69, 9.17) is 0 Å². The number of benzene rings is 1. The maximum atomic E-state index is 11.9. The molecule has 0 saturated carbocycles. The molecule has 1 amide bonds. The van der Waals surface area contributed by atoms with Crippen molar-refractivity contribution >= 4 is 27.3 Å². The van der Waals surface area contributed by atoms with Crippen LogP contribution < -0.4 is 0 Å². The Kier molecular flexibility index (Phi) is 4.56. The zero-order valence-electron chi connectivity index (χ0n) is 14.8. The average Bonchev–Trinajstić information content (AvgIpc) is 3.04. The zero-order valence-corrected chi connectivity index (χ0v) is 15.6. The minimum atomic E-state index is -0.0456. The summed E-state index contributed by atoms with van der Waals surface area (Å²) in [4.78, 5) is 16.4. The third kappa shape index (κ3) is 2.98. The van der Waals surface area contributed by atoms with Gasteiger partial charge in [0.05, 0.1) is 6.61 Å². The van der Waals surface area contributed by atoms with E-state index in [1.807, 2.05) is 4.90 Å². The maximum absolute atomic E-state index is 11.9. The van der Waals surface area contributed by atoms with Gasteiger partial charge in [-0.3, -0.25) is 9.69 Å². The van der Waals surface area contributed by atoms with Crippen LogP contribution in [0.3, 0.4) is 0 Å². The minimum Gasteiger partial charge on any atom is -0.396 e. The van der Waals surface area contributed by atoms with Crippen LogP contribution in [0.25, 0.3) is 10.1 Å². The molecule has 0 unspecified atom stereocenters. The van der Waals surface area contributed by atoms with Crippen molar-refractivity contribution in [3.05, 3.63) is 35.2 Å². The fourth-order valence-electron chi connectivity index (χ4n) is 4.72. The van der Waals surface area contributed by atoms with Gasteiger partial charge in [0.2, 0.25) is 5.91 Å². The van der Waals surface area contributed by atoms with Crippen molar-refractivity contribution in [3.8, 4) is 0 Å². The molecule has 2 saturated heterocycles. The summed E-state index contributed by atoms with van der Waals surface area (Å²) in [5.74, 6) is 0.151. The number of hydrogen-bond acceptors (Lipinski definition) is 4. The molecule has 4 nitrogen and oxygen atoms in total. The molecule has 4 rings (SSSR count). The monoisotopic (exact) mass is 358 g/mol. The van der Waals surface area contributed by atoms with Crippen molar-refractivity contribution in [2.45, 2.75) is 38.8 Å². The van der Waals surface area contributed by atoms with Crippen LogP contribution in [0, 0.1) is 5.41 Å². The van der Waals surface area contributed by atoms with Gasteiger partial charge in [-0.15, -0.1) is 11.3 Å². The van der Waals surface area contributed by atoms with Crippen LogP contribution in [0.4, 0.5) is 0 Å². The molecule has 1 aromatic heterocycles. The van der Waals surface area contributed by atoms with E-state index in [1.165, 1.54) is 15.6 Å². The molecule has 3 heterocycles. The second-order valence-corrected chi connectivity index (χ2v) is 8.49. The summed E-state index contributed by atoms with van der Waals surface area (Å²) in [7, 11) is 0.